The Morgan fingerprint density at radius 3 is 2.26 bits per heavy atom. The maximum Gasteiger partial charge on any atom is 0.223 e. The molecule has 0 aliphatic carbocycles. The monoisotopic (exact) mass is 694 g/mol. The Hall–Kier alpha value is -3.88. The molecule has 1 amide bonds. The van der Waals surface area contributed by atoms with Gasteiger partial charge in [-0.05, 0) is 80.1 Å². The van der Waals surface area contributed by atoms with Crippen LogP contribution in [-0.2, 0) is 16.6 Å². The first-order valence-electron chi connectivity index (χ1n) is 18.4. The van der Waals surface area contributed by atoms with E-state index in [1.165, 1.54) is 41.9 Å². The van der Waals surface area contributed by atoms with Gasteiger partial charge < -0.3 is 15.0 Å². The summed E-state index contributed by atoms with van der Waals surface area (Å²) in [6, 6.07) is 20.4. The summed E-state index contributed by atoms with van der Waals surface area (Å²) in [6.07, 6.45) is 12.7. The highest BCUT2D eigenvalue weighted by molar-refractivity contribution is 7.14. The molecule has 1 fully saturated rings. The molecular formula is C42H54N4O3S. The molecule has 0 saturated carbocycles. The van der Waals surface area contributed by atoms with Gasteiger partial charge in [0.1, 0.15) is 5.75 Å². The van der Waals surface area contributed by atoms with Gasteiger partial charge in [-0.1, -0.05) is 89.8 Å². The van der Waals surface area contributed by atoms with Crippen molar-refractivity contribution in [3.05, 3.63) is 88.4 Å². The second kappa shape index (κ2) is 17.9. The fourth-order valence-electron chi connectivity index (χ4n) is 6.41. The smallest absolute Gasteiger partial charge is 0.223 e. The molecular weight excluding hydrogens is 641 g/mol. The zero-order chi connectivity index (χ0) is 35.5. The van der Waals surface area contributed by atoms with Crippen molar-refractivity contribution in [1.82, 2.24) is 20.2 Å². The van der Waals surface area contributed by atoms with E-state index in [0.717, 1.165) is 65.3 Å². The third-order valence-corrected chi connectivity index (χ3v) is 11.2. The molecule has 3 heterocycles. The minimum Gasteiger partial charge on any atom is -0.494 e. The third-order valence-electron chi connectivity index (χ3n) is 9.66. The molecule has 4 aromatic rings. The van der Waals surface area contributed by atoms with Gasteiger partial charge in [0.2, 0.25) is 5.91 Å². The molecule has 2 atom stereocenters. The van der Waals surface area contributed by atoms with Crippen LogP contribution in [0.5, 0.6) is 5.75 Å². The number of carbonyl (C=O) groups is 2. The summed E-state index contributed by atoms with van der Waals surface area (Å²) < 4.78 is 5.92. The summed E-state index contributed by atoms with van der Waals surface area (Å²) in [7, 11) is 2.11. The molecule has 2 aromatic carbocycles. The van der Waals surface area contributed by atoms with Crippen molar-refractivity contribution in [2.24, 2.45) is 5.92 Å². The summed E-state index contributed by atoms with van der Waals surface area (Å²) in [5.41, 5.74) is 3.86. The topological polar surface area (TPSA) is 84.4 Å². The number of hydrogen-bond acceptors (Lipinski definition) is 7. The standard InChI is InChI=1S/C42H54N4O3S/c1-6-7-8-9-10-24-49-36-19-17-31(18-20-36)34-27-43-40(44-28-34)32-15-13-30(14-16-32)25-33(41(48)45-29-35-12-11-23-46(35)5)26-37(47)38-21-22-39(50-38)42(2,3)4/h13-22,27-28,33,35H,6-12,23-26,29H2,1-5H3,(H,45,48)/t33-,35?/m1/s1. The van der Waals surface area contributed by atoms with Gasteiger partial charge in [-0.3, -0.25) is 9.59 Å². The van der Waals surface area contributed by atoms with Crippen LogP contribution >= 0.6 is 11.3 Å². The van der Waals surface area contributed by atoms with Crippen LogP contribution in [-0.4, -0.2) is 59.3 Å². The number of unbranched alkanes of at least 4 members (excludes halogenated alkanes) is 4. The number of amides is 1. The number of ether oxygens (including phenoxy) is 1. The number of likely N-dealkylation sites (tertiary alicyclic amines) is 1. The molecule has 8 heteroatoms. The van der Waals surface area contributed by atoms with Gasteiger partial charge in [-0.25, -0.2) is 9.97 Å². The number of benzene rings is 2. The molecule has 1 aliphatic rings. The highest BCUT2D eigenvalue weighted by atomic mass is 32.1. The largest absolute Gasteiger partial charge is 0.494 e. The lowest BCUT2D eigenvalue weighted by atomic mass is 9.92. The van der Waals surface area contributed by atoms with E-state index in [4.69, 9.17) is 4.74 Å². The lowest BCUT2D eigenvalue weighted by Crippen LogP contribution is -2.41. The van der Waals surface area contributed by atoms with Crippen LogP contribution in [0, 0.1) is 5.92 Å². The Morgan fingerprint density at radius 2 is 1.62 bits per heavy atom. The quantitative estimate of drug-likeness (QED) is 0.0877. The lowest BCUT2D eigenvalue weighted by molar-refractivity contribution is -0.125. The van der Waals surface area contributed by atoms with E-state index in [1.807, 2.05) is 73.1 Å². The molecule has 0 radical (unpaired) electrons. The third kappa shape index (κ3) is 10.6. The number of ketones is 1. The predicted molar refractivity (Wildman–Crippen MR) is 205 cm³/mol. The van der Waals surface area contributed by atoms with Crippen LogP contribution in [0.3, 0.4) is 0 Å². The van der Waals surface area contributed by atoms with Gasteiger partial charge in [0.25, 0.3) is 0 Å². The van der Waals surface area contributed by atoms with Crippen molar-refractivity contribution in [1.29, 1.82) is 0 Å². The molecule has 266 valence electrons. The first kappa shape index (κ1) is 37.4. The van der Waals surface area contributed by atoms with Crippen LogP contribution in [0.4, 0.5) is 0 Å². The Balaban J connectivity index is 1.21. The van der Waals surface area contributed by atoms with Gasteiger partial charge in [-0.2, -0.15) is 0 Å². The maximum atomic E-state index is 13.6. The van der Waals surface area contributed by atoms with Gasteiger partial charge >= 0.3 is 0 Å². The number of hydrogen-bond donors (Lipinski definition) is 1. The number of likely N-dealkylation sites (N-methyl/N-ethyl adjacent to an activating group) is 1. The summed E-state index contributed by atoms with van der Waals surface area (Å²) >= 11 is 1.54. The molecule has 50 heavy (non-hydrogen) atoms. The average molecular weight is 695 g/mol. The first-order valence-corrected chi connectivity index (χ1v) is 19.2. The molecule has 1 N–H and O–H groups in total. The number of rotatable bonds is 17. The van der Waals surface area contributed by atoms with E-state index in [1.54, 1.807) is 0 Å². The van der Waals surface area contributed by atoms with Crippen LogP contribution in [0.2, 0.25) is 0 Å². The van der Waals surface area contributed by atoms with Crippen LogP contribution in [0.1, 0.15) is 99.2 Å². The van der Waals surface area contributed by atoms with E-state index >= 15 is 0 Å². The molecule has 1 unspecified atom stereocenters. The minimum absolute atomic E-state index is 0.0210. The van der Waals surface area contributed by atoms with Gasteiger partial charge in [0, 0.05) is 53.3 Å². The number of nitrogens with zero attached hydrogens (tertiary/aromatic N) is 3. The second-order valence-electron chi connectivity index (χ2n) is 14.7. The van der Waals surface area contributed by atoms with E-state index in [0.29, 0.717) is 24.8 Å². The molecule has 5 rings (SSSR count). The number of nitrogens with one attached hydrogen (secondary N) is 1. The van der Waals surface area contributed by atoms with E-state index < -0.39 is 5.92 Å². The maximum absolute atomic E-state index is 13.6. The minimum atomic E-state index is -0.460. The molecule has 2 aromatic heterocycles. The van der Waals surface area contributed by atoms with E-state index in [9.17, 15) is 9.59 Å². The van der Waals surface area contributed by atoms with Crippen molar-refractivity contribution in [2.45, 2.75) is 96.9 Å². The Bertz CT molecular complexity index is 1660. The summed E-state index contributed by atoms with van der Waals surface area (Å²) in [5.74, 6) is 1.03. The molecule has 1 aliphatic heterocycles. The van der Waals surface area contributed by atoms with Gasteiger partial charge in [0.05, 0.1) is 11.5 Å². The Labute approximate surface area is 302 Å². The molecule has 0 bridgehead atoms. The zero-order valence-corrected chi connectivity index (χ0v) is 31.4. The number of aromatic nitrogens is 2. The number of thiophene rings is 1. The first-order chi connectivity index (χ1) is 24.1. The van der Waals surface area contributed by atoms with E-state index in [2.05, 4.69) is 54.9 Å². The zero-order valence-electron chi connectivity index (χ0n) is 30.5. The molecule has 7 nitrogen and oxygen atoms in total. The normalized spacial score (nSPS) is 15.6. The van der Waals surface area contributed by atoms with Crippen molar-refractivity contribution >= 4 is 23.0 Å². The Morgan fingerprint density at radius 1 is 0.920 bits per heavy atom. The average Bonchev–Trinajstić information content (AvgIpc) is 3.79. The van der Waals surface area contributed by atoms with Crippen LogP contribution < -0.4 is 10.1 Å². The highest BCUT2D eigenvalue weighted by Crippen LogP contribution is 2.31. The van der Waals surface area contributed by atoms with Crippen LogP contribution in [0.15, 0.2) is 73.1 Å². The summed E-state index contributed by atoms with van der Waals surface area (Å²) in [5, 5.41) is 3.18. The SMILES string of the molecule is CCCCCCCOc1ccc(-c2cnc(-c3ccc(C[C@H](CC(=O)c4ccc(C(C)(C)C)s4)C(=O)NCC4CCCN4C)cc3)nc2)cc1. The lowest BCUT2D eigenvalue weighted by Gasteiger charge is -2.22. The predicted octanol–water partition coefficient (Wildman–Crippen LogP) is 9.16. The van der Waals surface area contributed by atoms with Gasteiger partial charge in [0.15, 0.2) is 11.6 Å². The fraction of sp³-hybridized carbons (Fsp3) is 0.476. The molecule has 0 spiro atoms. The van der Waals surface area contributed by atoms with Crippen molar-refractivity contribution in [3.63, 3.8) is 0 Å². The Kier molecular flexibility index (Phi) is 13.4. The summed E-state index contributed by atoms with van der Waals surface area (Å²) in [4.78, 5) is 40.6. The van der Waals surface area contributed by atoms with Crippen molar-refractivity contribution in [3.8, 4) is 28.3 Å². The van der Waals surface area contributed by atoms with Crippen molar-refractivity contribution in [2.75, 3.05) is 26.7 Å². The fourth-order valence-corrected chi connectivity index (χ4v) is 7.42. The number of Topliss-reactive ketones (excluding diaryl/α,β-unsaturated/α-hetero) is 1. The van der Waals surface area contributed by atoms with E-state index in [-0.39, 0.29) is 23.5 Å². The molecule has 1 saturated heterocycles. The van der Waals surface area contributed by atoms with Gasteiger partial charge in [-0.15, -0.1) is 11.3 Å². The highest BCUT2D eigenvalue weighted by Gasteiger charge is 2.27. The summed E-state index contributed by atoms with van der Waals surface area (Å²) in [6.45, 7) is 11.1. The van der Waals surface area contributed by atoms with Crippen molar-refractivity contribution < 1.29 is 14.3 Å². The van der Waals surface area contributed by atoms with Crippen LogP contribution in [0.25, 0.3) is 22.5 Å². The number of carbonyl (C=O) groups excluding carboxylic acids is 2. The second-order valence-corrected chi connectivity index (χ2v) is 15.8.